The number of guanidine groups is 1. The molecule has 3 aromatic rings. The predicted octanol–water partition coefficient (Wildman–Crippen LogP) is 4.11. The summed E-state index contributed by atoms with van der Waals surface area (Å²) in [5, 5.41) is 11.1. The lowest BCUT2D eigenvalue weighted by molar-refractivity contribution is 0.0646. The standard InChI is InChI=1S/C25H34N6O/c1-5-26-25(27-14-9-15-32-21(4)23-10-7-6-8-11-23)29-18-22-12-13-24(28-17-22)31-20(3)16-19(2)30-31/h6-8,10-13,16-17,21H,5,9,14-15,18H2,1-4H3,(H2,26,27,29). The van der Waals surface area contributed by atoms with E-state index in [4.69, 9.17) is 4.74 Å². The van der Waals surface area contributed by atoms with Gasteiger partial charge in [0, 0.05) is 31.6 Å². The molecule has 7 nitrogen and oxygen atoms in total. The van der Waals surface area contributed by atoms with Gasteiger partial charge in [0.25, 0.3) is 0 Å². The number of rotatable bonds is 10. The minimum atomic E-state index is 0.100. The molecule has 170 valence electrons. The second kappa shape index (κ2) is 12.0. The van der Waals surface area contributed by atoms with Crippen LogP contribution in [-0.4, -0.2) is 40.4 Å². The fraction of sp³-hybridized carbons (Fsp3) is 0.400. The molecular formula is C25H34N6O. The Hall–Kier alpha value is -3.19. The van der Waals surface area contributed by atoms with Crippen molar-refractivity contribution in [1.82, 2.24) is 25.4 Å². The third-order valence-electron chi connectivity index (χ3n) is 5.05. The summed E-state index contributed by atoms with van der Waals surface area (Å²) < 4.78 is 7.80. The molecule has 0 aliphatic carbocycles. The molecule has 32 heavy (non-hydrogen) atoms. The summed E-state index contributed by atoms with van der Waals surface area (Å²) in [5.41, 5.74) is 4.31. The molecule has 0 spiro atoms. The van der Waals surface area contributed by atoms with Crippen molar-refractivity contribution in [3.8, 4) is 5.82 Å². The average molecular weight is 435 g/mol. The van der Waals surface area contributed by atoms with Crippen LogP contribution in [0.2, 0.25) is 0 Å². The molecule has 0 aliphatic heterocycles. The molecule has 2 N–H and O–H groups in total. The van der Waals surface area contributed by atoms with Crippen molar-refractivity contribution in [1.29, 1.82) is 0 Å². The summed E-state index contributed by atoms with van der Waals surface area (Å²) in [6.07, 6.45) is 2.86. The van der Waals surface area contributed by atoms with E-state index >= 15 is 0 Å². The number of aromatic nitrogens is 3. The van der Waals surface area contributed by atoms with Gasteiger partial charge in [0.15, 0.2) is 11.8 Å². The van der Waals surface area contributed by atoms with Gasteiger partial charge in [0.1, 0.15) is 0 Å². The van der Waals surface area contributed by atoms with Crippen LogP contribution in [0.4, 0.5) is 0 Å². The molecule has 0 saturated carbocycles. The Morgan fingerprint density at radius 2 is 1.94 bits per heavy atom. The van der Waals surface area contributed by atoms with Gasteiger partial charge >= 0.3 is 0 Å². The number of aliphatic imine (C=N–C) groups is 1. The molecule has 1 unspecified atom stereocenters. The fourth-order valence-electron chi connectivity index (χ4n) is 3.37. The van der Waals surface area contributed by atoms with Crippen LogP contribution in [0, 0.1) is 13.8 Å². The van der Waals surface area contributed by atoms with E-state index < -0.39 is 0 Å². The Balaban J connectivity index is 1.45. The molecule has 1 atom stereocenters. The fourth-order valence-corrected chi connectivity index (χ4v) is 3.37. The summed E-state index contributed by atoms with van der Waals surface area (Å²) in [6.45, 7) is 11.0. The van der Waals surface area contributed by atoms with E-state index in [1.54, 1.807) is 0 Å². The topological polar surface area (TPSA) is 76.4 Å². The number of pyridine rings is 1. The largest absolute Gasteiger partial charge is 0.374 e. The number of hydrogen-bond donors (Lipinski definition) is 2. The van der Waals surface area contributed by atoms with Crippen molar-refractivity contribution >= 4 is 5.96 Å². The Kier molecular flexibility index (Phi) is 8.80. The third-order valence-corrected chi connectivity index (χ3v) is 5.05. The lowest BCUT2D eigenvalue weighted by atomic mass is 10.1. The lowest BCUT2D eigenvalue weighted by Gasteiger charge is -2.14. The van der Waals surface area contributed by atoms with E-state index in [0.717, 1.165) is 48.2 Å². The van der Waals surface area contributed by atoms with Gasteiger partial charge in [0.05, 0.1) is 18.3 Å². The molecule has 7 heteroatoms. The van der Waals surface area contributed by atoms with E-state index in [1.807, 2.05) is 61.1 Å². The summed E-state index contributed by atoms with van der Waals surface area (Å²) >= 11 is 0. The monoisotopic (exact) mass is 434 g/mol. The first-order valence-corrected chi connectivity index (χ1v) is 11.2. The Morgan fingerprint density at radius 1 is 1.12 bits per heavy atom. The Labute approximate surface area is 190 Å². The van der Waals surface area contributed by atoms with Gasteiger partial charge < -0.3 is 15.4 Å². The predicted molar refractivity (Wildman–Crippen MR) is 129 cm³/mol. The van der Waals surface area contributed by atoms with E-state index in [2.05, 4.69) is 51.7 Å². The molecule has 0 saturated heterocycles. The van der Waals surface area contributed by atoms with Crippen LogP contribution in [0.15, 0.2) is 59.7 Å². The highest BCUT2D eigenvalue weighted by molar-refractivity contribution is 5.79. The first kappa shape index (κ1) is 23.5. The van der Waals surface area contributed by atoms with Crippen molar-refractivity contribution < 1.29 is 4.74 Å². The highest BCUT2D eigenvalue weighted by Crippen LogP contribution is 2.15. The van der Waals surface area contributed by atoms with Crippen LogP contribution in [0.3, 0.4) is 0 Å². The number of nitrogens with one attached hydrogen (secondary N) is 2. The molecule has 2 heterocycles. The molecule has 1 aromatic carbocycles. The zero-order valence-corrected chi connectivity index (χ0v) is 19.5. The summed E-state index contributed by atoms with van der Waals surface area (Å²) in [4.78, 5) is 9.23. The summed E-state index contributed by atoms with van der Waals surface area (Å²) in [7, 11) is 0. The van der Waals surface area contributed by atoms with Gasteiger partial charge in [-0.25, -0.2) is 14.7 Å². The maximum Gasteiger partial charge on any atom is 0.191 e. The van der Waals surface area contributed by atoms with Crippen LogP contribution in [0.5, 0.6) is 0 Å². The van der Waals surface area contributed by atoms with Crippen LogP contribution >= 0.6 is 0 Å². The van der Waals surface area contributed by atoms with Gasteiger partial charge in [0.2, 0.25) is 0 Å². The first-order chi connectivity index (χ1) is 15.6. The molecule has 0 radical (unpaired) electrons. The number of ether oxygens (including phenoxy) is 1. The van der Waals surface area contributed by atoms with Gasteiger partial charge in [-0.15, -0.1) is 0 Å². The second-order valence-electron chi connectivity index (χ2n) is 7.76. The molecule has 0 amide bonds. The third kappa shape index (κ3) is 6.92. The Bertz CT molecular complexity index is 981. The summed E-state index contributed by atoms with van der Waals surface area (Å²) in [5.74, 6) is 1.62. The number of benzene rings is 1. The Morgan fingerprint density at radius 3 is 2.59 bits per heavy atom. The van der Waals surface area contributed by atoms with Gasteiger partial charge in [-0.1, -0.05) is 36.4 Å². The van der Waals surface area contributed by atoms with E-state index in [0.29, 0.717) is 13.2 Å². The highest BCUT2D eigenvalue weighted by Gasteiger charge is 2.06. The van der Waals surface area contributed by atoms with E-state index in [1.165, 1.54) is 5.56 Å². The molecule has 0 aliphatic rings. The summed E-state index contributed by atoms with van der Waals surface area (Å²) in [6, 6.07) is 16.4. The number of nitrogens with zero attached hydrogens (tertiary/aromatic N) is 4. The van der Waals surface area contributed by atoms with Crippen molar-refractivity contribution in [2.75, 3.05) is 19.7 Å². The maximum atomic E-state index is 5.94. The molecule has 0 bridgehead atoms. The minimum absolute atomic E-state index is 0.100. The lowest BCUT2D eigenvalue weighted by Crippen LogP contribution is -2.38. The molecular weight excluding hydrogens is 400 g/mol. The zero-order valence-electron chi connectivity index (χ0n) is 19.5. The van der Waals surface area contributed by atoms with E-state index in [9.17, 15) is 0 Å². The quantitative estimate of drug-likeness (QED) is 0.285. The van der Waals surface area contributed by atoms with Gasteiger partial charge in [-0.2, -0.15) is 5.10 Å². The molecule has 2 aromatic heterocycles. The van der Waals surface area contributed by atoms with Crippen molar-refractivity contribution in [3.05, 3.63) is 77.2 Å². The van der Waals surface area contributed by atoms with Crippen LogP contribution in [0.25, 0.3) is 5.82 Å². The smallest absolute Gasteiger partial charge is 0.191 e. The van der Waals surface area contributed by atoms with Gasteiger partial charge in [-0.3, -0.25) is 0 Å². The van der Waals surface area contributed by atoms with Crippen molar-refractivity contribution in [2.45, 2.75) is 46.8 Å². The normalized spacial score (nSPS) is 12.6. The number of hydrogen-bond acceptors (Lipinski definition) is 4. The highest BCUT2D eigenvalue weighted by atomic mass is 16.5. The maximum absolute atomic E-state index is 5.94. The number of aryl methyl sites for hydroxylation is 2. The van der Waals surface area contributed by atoms with Crippen LogP contribution in [-0.2, 0) is 11.3 Å². The van der Waals surface area contributed by atoms with Crippen LogP contribution < -0.4 is 10.6 Å². The van der Waals surface area contributed by atoms with Gasteiger partial charge in [-0.05, 0) is 57.4 Å². The first-order valence-electron chi connectivity index (χ1n) is 11.2. The minimum Gasteiger partial charge on any atom is -0.374 e. The SMILES string of the molecule is CCNC(=NCc1ccc(-n2nc(C)cc2C)nc1)NCCCOC(C)c1ccccc1. The second-order valence-corrected chi connectivity index (χ2v) is 7.76. The van der Waals surface area contributed by atoms with Crippen molar-refractivity contribution in [2.24, 2.45) is 4.99 Å². The molecule has 3 rings (SSSR count). The van der Waals surface area contributed by atoms with Crippen LogP contribution in [0.1, 0.15) is 48.9 Å². The molecule has 0 fully saturated rings. The van der Waals surface area contributed by atoms with Crippen molar-refractivity contribution in [3.63, 3.8) is 0 Å². The zero-order chi connectivity index (χ0) is 22.8. The average Bonchev–Trinajstić information content (AvgIpc) is 3.15. The van der Waals surface area contributed by atoms with E-state index in [-0.39, 0.29) is 6.10 Å².